The highest BCUT2D eigenvalue weighted by molar-refractivity contribution is 5.83. The molecular formula is C7H10F5NO3. The summed E-state index contributed by atoms with van der Waals surface area (Å²) in [5.41, 5.74) is 0. The molecule has 0 bridgehead atoms. The molecule has 0 spiro atoms. The average molecular weight is 251 g/mol. The molecule has 4 nitrogen and oxygen atoms in total. The minimum absolute atomic E-state index is 0.496. The fraction of sp³-hybridized carbons (Fsp3) is 0.857. The van der Waals surface area contributed by atoms with Crippen molar-refractivity contribution in [2.24, 2.45) is 0 Å². The van der Waals surface area contributed by atoms with Crippen molar-refractivity contribution in [1.29, 1.82) is 0 Å². The molecule has 0 aliphatic rings. The van der Waals surface area contributed by atoms with Crippen LogP contribution in [-0.4, -0.2) is 49.5 Å². The lowest BCUT2D eigenvalue weighted by Crippen LogP contribution is -2.43. The zero-order chi connectivity index (χ0) is 12.8. The average Bonchev–Trinajstić information content (AvgIpc) is 2.15. The summed E-state index contributed by atoms with van der Waals surface area (Å²) >= 11 is 0. The summed E-state index contributed by atoms with van der Waals surface area (Å²) in [6.07, 6.45) is -4.50. The van der Waals surface area contributed by atoms with Gasteiger partial charge in [-0.15, -0.1) is 0 Å². The van der Waals surface area contributed by atoms with Crippen molar-refractivity contribution in [2.45, 2.75) is 12.1 Å². The Morgan fingerprint density at radius 2 is 1.81 bits per heavy atom. The van der Waals surface area contributed by atoms with Crippen LogP contribution in [0.25, 0.3) is 0 Å². The van der Waals surface area contributed by atoms with E-state index in [0.717, 1.165) is 0 Å². The Kier molecular flexibility index (Phi) is 5.59. The molecule has 0 saturated carbocycles. The van der Waals surface area contributed by atoms with E-state index in [0.29, 0.717) is 0 Å². The molecule has 0 saturated heterocycles. The molecule has 9 heteroatoms. The molecule has 0 aromatic heterocycles. The van der Waals surface area contributed by atoms with Crippen LogP contribution in [0.3, 0.4) is 0 Å². The quantitative estimate of drug-likeness (QED) is 0.527. The van der Waals surface area contributed by atoms with Crippen molar-refractivity contribution in [3.05, 3.63) is 0 Å². The Balaban J connectivity index is 3.64. The van der Waals surface area contributed by atoms with Gasteiger partial charge in [-0.05, 0) is 0 Å². The third-order valence-electron chi connectivity index (χ3n) is 1.33. The second kappa shape index (κ2) is 5.94. The third kappa shape index (κ3) is 6.51. The first-order chi connectivity index (χ1) is 7.19. The van der Waals surface area contributed by atoms with Crippen LogP contribution in [0.4, 0.5) is 22.0 Å². The predicted molar refractivity (Wildman–Crippen MR) is 41.9 cm³/mol. The molecule has 96 valence electrons. The Morgan fingerprint density at radius 1 is 1.25 bits per heavy atom. The summed E-state index contributed by atoms with van der Waals surface area (Å²) < 4.78 is 63.3. The lowest BCUT2D eigenvalue weighted by molar-refractivity contribution is -0.173. The lowest BCUT2D eigenvalue weighted by atomic mass is 10.3. The minimum Gasteiger partial charge on any atom is -0.390 e. The number of hydrogen-bond donors (Lipinski definition) is 2. The smallest absolute Gasteiger partial charge is 0.390 e. The molecule has 0 aliphatic heterocycles. The molecule has 2 N–H and O–H groups in total. The van der Waals surface area contributed by atoms with Crippen LogP contribution >= 0.6 is 0 Å². The molecule has 0 atom stereocenters. The normalized spacial score (nSPS) is 12.6. The molecule has 0 aliphatic carbocycles. The summed E-state index contributed by atoms with van der Waals surface area (Å²) in [7, 11) is 0. The molecule has 0 unspecified atom stereocenters. The van der Waals surface area contributed by atoms with Gasteiger partial charge in [0.25, 0.3) is 5.91 Å². The standard InChI is InChI=1S/C7H10F5NO3/c8-6(9,3-14)5(15)13-1-2-16-4-7(10,11)12/h14H,1-4H2,(H,13,15). The minimum atomic E-state index is -4.50. The number of rotatable bonds is 6. The number of carbonyl (C=O) groups excluding carboxylic acids is 1. The van der Waals surface area contributed by atoms with Crippen LogP contribution < -0.4 is 5.32 Å². The first kappa shape index (κ1) is 15.0. The van der Waals surface area contributed by atoms with Crippen molar-refractivity contribution >= 4 is 5.91 Å². The van der Waals surface area contributed by atoms with E-state index in [1.165, 1.54) is 0 Å². The van der Waals surface area contributed by atoms with Crippen molar-refractivity contribution in [1.82, 2.24) is 5.32 Å². The Labute approximate surface area is 87.4 Å². The van der Waals surface area contributed by atoms with E-state index >= 15 is 0 Å². The number of ether oxygens (including phenoxy) is 1. The van der Waals surface area contributed by atoms with Gasteiger partial charge < -0.3 is 15.2 Å². The molecule has 0 fully saturated rings. The number of aliphatic hydroxyl groups is 1. The van der Waals surface area contributed by atoms with E-state index in [-0.39, 0.29) is 0 Å². The number of halogens is 5. The van der Waals surface area contributed by atoms with Crippen LogP contribution in [0.2, 0.25) is 0 Å². The SMILES string of the molecule is O=C(NCCOCC(F)(F)F)C(F)(F)CO. The van der Waals surface area contributed by atoms with E-state index in [1.54, 1.807) is 5.32 Å². The molecular weight excluding hydrogens is 241 g/mol. The largest absolute Gasteiger partial charge is 0.411 e. The first-order valence-corrected chi connectivity index (χ1v) is 4.10. The van der Waals surface area contributed by atoms with Gasteiger partial charge in [0.1, 0.15) is 13.2 Å². The number of nitrogens with one attached hydrogen (secondary N) is 1. The van der Waals surface area contributed by atoms with Crippen molar-refractivity contribution in [3.8, 4) is 0 Å². The zero-order valence-electron chi connectivity index (χ0n) is 7.98. The van der Waals surface area contributed by atoms with E-state index in [2.05, 4.69) is 4.74 Å². The molecule has 1 amide bonds. The van der Waals surface area contributed by atoms with E-state index in [4.69, 9.17) is 5.11 Å². The van der Waals surface area contributed by atoms with Gasteiger partial charge in [0.2, 0.25) is 0 Å². The van der Waals surface area contributed by atoms with Gasteiger partial charge in [-0.3, -0.25) is 4.79 Å². The second-order valence-electron chi connectivity index (χ2n) is 2.79. The molecule has 0 heterocycles. The summed E-state index contributed by atoms with van der Waals surface area (Å²) in [6, 6.07) is 0. The number of aliphatic hydroxyl groups excluding tert-OH is 1. The maximum Gasteiger partial charge on any atom is 0.411 e. The highest BCUT2D eigenvalue weighted by Gasteiger charge is 2.37. The third-order valence-corrected chi connectivity index (χ3v) is 1.33. The van der Waals surface area contributed by atoms with Crippen LogP contribution in [0.1, 0.15) is 0 Å². The van der Waals surface area contributed by atoms with Crippen molar-refractivity contribution < 1.29 is 36.6 Å². The Bertz CT molecular complexity index is 231. The summed E-state index contributed by atoms with van der Waals surface area (Å²) in [4.78, 5) is 10.6. The molecule has 16 heavy (non-hydrogen) atoms. The Morgan fingerprint density at radius 3 is 2.25 bits per heavy atom. The van der Waals surface area contributed by atoms with Crippen LogP contribution in [-0.2, 0) is 9.53 Å². The van der Waals surface area contributed by atoms with Crippen molar-refractivity contribution in [2.75, 3.05) is 26.4 Å². The van der Waals surface area contributed by atoms with Gasteiger partial charge in [0.15, 0.2) is 0 Å². The number of amides is 1. The highest BCUT2D eigenvalue weighted by Crippen LogP contribution is 2.14. The summed E-state index contributed by atoms with van der Waals surface area (Å²) in [5, 5.41) is 9.70. The van der Waals surface area contributed by atoms with Crippen LogP contribution in [0.15, 0.2) is 0 Å². The number of carbonyl (C=O) groups is 1. The maximum absolute atomic E-state index is 12.4. The topological polar surface area (TPSA) is 58.6 Å². The lowest BCUT2D eigenvalue weighted by Gasteiger charge is -2.13. The van der Waals surface area contributed by atoms with Gasteiger partial charge in [-0.1, -0.05) is 0 Å². The second-order valence-corrected chi connectivity index (χ2v) is 2.79. The van der Waals surface area contributed by atoms with E-state index < -0.39 is 44.4 Å². The fourth-order valence-electron chi connectivity index (χ4n) is 0.626. The molecule has 0 aromatic carbocycles. The molecule has 0 rings (SSSR count). The van der Waals surface area contributed by atoms with Crippen LogP contribution in [0, 0.1) is 0 Å². The number of hydrogen-bond acceptors (Lipinski definition) is 3. The number of alkyl halides is 5. The monoisotopic (exact) mass is 251 g/mol. The molecule has 0 aromatic rings. The Hall–Kier alpha value is -0.960. The van der Waals surface area contributed by atoms with Gasteiger partial charge in [-0.25, -0.2) is 0 Å². The highest BCUT2D eigenvalue weighted by atomic mass is 19.4. The summed E-state index contributed by atoms with van der Waals surface area (Å²) in [6.45, 7) is -4.22. The van der Waals surface area contributed by atoms with Gasteiger partial charge in [0.05, 0.1) is 6.61 Å². The predicted octanol–water partition coefficient (Wildman–Crippen LogP) is 0.309. The van der Waals surface area contributed by atoms with Gasteiger partial charge >= 0.3 is 12.1 Å². The van der Waals surface area contributed by atoms with Gasteiger partial charge in [-0.2, -0.15) is 22.0 Å². The maximum atomic E-state index is 12.4. The van der Waals surface area contributed by atoms with E-state index in [1.807, 2.05) is 0 Å². The van der Waals surface area contributed by atoms with E-state index in [9.17, 15) is 26.7 Å². The first-order valence-electron chi connectivity index (χ1n) is 4.10. The fourth-order valence-corrected chi connectivity index (χ4v) is 0.626. The zero-order valence-corrected chi connectivity index (χ0v) is 7.98. The van der Waals surface area contributed by atoms with Gasteiger partial charge in [0, 0.05) is 6.54 Å². The van der Waals surface area contributed by atoms with Crippen molar-refractivity contribution in [3.63, 3.8) is 0 Å². The van der Waals surface area contributed by atoms with Crippen LogP contribution in [0.5, 0.6) is 0 Å². The summed E-state index contributed by atoms with van der Waals surface area (Å²) in [5.74, 6) is -5.70. The molecule has 0 radical (unpaired) electrons.